The zero-order valence-corrected chi connectivity index (χ0v) is 18.5. The summed E-state index contributed by atoms with van der Waals surface area (Å²) in [7, 11) is 0. The largest absolute Gasteiger partial charge is 0.437 e. The number of thiophene rings is 1. The van der Waals surface area contributed by atoms with Crippen LogP contribution in [-0.4, -0.2) is 15.1 Å². The number of hydrogen-bond acceptors (Lipinski definition) is 5. The monoisotopic (exact) mass is 417 g/mol. The number of aryl methyl sites for hydroxylation is 2. The lowest BCUT2D eigenvalue weighted by Crippen LogP contribution is -2.17. The summed E-state index contributed by atoms with van der Waals surface area (Å²) in [5.74, 6) is 0. The third-order valence-corrected chi connectivity index (χ3v) is 6.86. The summed E-state index contributed by atoms with van der Waals surface area (Å²) in [5, 5.41) is 14.1. The van der Waals surface area contributed by atoms with Gasteiger partial charge in [-0.1, -0.05) is 32.9 Å². The van der Waals surface area contributed by atoms with Gasteiger partial charge >= 0.3 is 0 Å². The Labute approximate surface area is 180 Å². The first-order chi connectivity index (χ1) is 14.6. The van der Waals surface area contributed by atoms with Crippen molar-refractivity contribution in [2.45, 2.75) is 40.7 Å². The Morgan fingerprint density at radius 1 is 1.07 bits per heavy atom. The fraction of sp³-hybridized carbons (Fsp3) is 0.280. The SMILES string of the molecule is [2H]C(O)(c1sc2c(-c3cccc4c3oc3nc(C)ccc34)nccc2c1C)C(C)(C)C. The maximum Gasteiger partial charge on any atom is 0.227 e. The van der Waals surface area contributed by atoms with E-state index in [9.17, 15) is 5.11 Å². The van der Waals surface area contributed by atoms with E-state index in [1.165, 1.54) is 11.3 Å². The number of aromatic nitrogens is 2. The maximum atomic E-state index is 11.1. The molecular formula is C25H24N2O2S. The number of benzene rings is 1. The molecule has 1 atom stereocenters. The number of pyridine rings is 2. The molecule has 0 radical (unpaired) electrons. The van der Waals surface area contributed by atoms with E-state index in [0.717, 1.165) is 49.0 Å². The first kappa shape index (κ1) is 18.0. The number of rotatable bonds is 2. The normalized spacial score (nSPS) is 15.1. The summed E-state index contributed by atoms with van der Waals surface area (Å²) >= 11 is 1.44. The molecule has 4 heterocycles. The van der Waals surface area contributed by atoms with E-state index in [4.69, 9.17) is 10.8 Å². The van der Waals surface area contributed by atoms with Crippen LogP contribution in [0.2, 0.25) is 0 Å². The predicted octanol–water partition coefficient (Wildman–Crippen LogP) is 6.95. The van der Waals surface area contributed by atoms with Gasteiger partial charge in [-0.05, 0) is 54.5 Å². The van der Waals surface area contributed by atoms with E-state index in [-0.39, 0.29) is 0 Å². The van der Waals surface area contributed by atoms with Gasteiger partial charge in [0.15, 0.2) is 0 Å². The summed E-state index contributed by atoms with van der Waals surface area (Å²) in [6, 6.07) is 12.0. The number of nitrogens with zero attached hydrogens (tertiary/aromatic N) is 2. The molecule has 1 N–H and O–H groups in total. The van der Waals surface area contributed by atoms with Gasteiger partial charge in [-0.2, -0.15) is 0 Å². The molecule has 0 saturated carbocycles. The Morgan fingerprint density at radius 3 is 2.63 bits per heavy atom. The number of hydrogen-bond donors (Lipinski definition) is 1. The van der Waals surface area contributed by atoms with Gasteiger partial charge in [0.05, 0.1) is 17.8 Å². The number of aliphatic hydroxyl groups is 1. The number of furan rings is 1. The maximum absolute atomic E-state index is 11.1. The quantitative estimate of drug-likeness (QED) is 0.337. The average molecular weight is 418 g/mol. The van der Waals surface area contributed by atoms with Crippen molar-refractivity contribution in [1.29, 1.82) is 0 Å². The highest BCUT2D eigenvalue weighted by Gasteiger charge is 2.28. The molecule has 5 heteroatoms. The molecule has 1 unspecified atom stereocenters. The molecule has 4 aromatic heterocycles. The van der Waals surface area contributed by atoms with Crippen LogP contribution in [0.3, 0.4) is 0 Å². The predicted molar refractivity (Wildman–Crippen MR) is 124 cm³/mol. The highest BCUT2D eigenvalue weighted by Crippen LogP contribution is 2.45. The van der Waals surface area contributed by atoms with Crippen molar-refractivity contribution in [1.82, 2.24) is 9.97 Å². The van der Waals surface area contributed by atoms with Crippen molar-refractivity contribution in [2.75, 3.05) is 0 Å². The fourth-order valence-electron chi connectivity index (χ4n) is 3.86. The van der Waals surface area contributed by atoms with Gasteiger partial charge in [0.2, 0.25) is 5.71 Å². The molecule has 0 spiro atoms. The molecule has 5 rings (SSSR count). The zero-order valence-electron chi connectivity index (χ0n) is 18.7. The molecule has 0 fully saturated rings. The summed E-state index contributed by atoms with van der Waals surface area (Å²) in [4.78, 5) is 9.90. The van der Waals surface area contributed by atoms with Gasteiger partial charge in [0.1, 0.15) is 5.58 Å². The van der Waals surface area contributed by atoms with E-state index in [0.29, 0.717) is 10.6 Å². The molecule has 0 aliphatic heterocycles. The van der Waals surface area contributed by atoms with Crippen LogP contribution >= 0.6 is 11.3 Å². The number of para-hydroxylation sites is 1. The van der Waals surface area contributed by atoms with Crippen molar-refractivity contribution >= 4 is 43.5 Å². The van der Waals surface area contributed by atoms with Crippen molar-refractivity contribution in [3.8, 4) is 11.3 Å². The second-order valence-electron chi connectivity index (χ2n) is 8.78. The molecular weight excluding hydrogens is 392 g/mol. The molecule has 152 valence electrons. The molecule has 0 aliphatic rings. The van der Waals surface area contributed by atoms with Crippen molar-refractivity contribution < 1.29 is 10.9 Å². The van der Waals surface area contributed by atoms with Gasteiger partial charge in [0, 0.05) is 33.1 Å². The van der Waals surface area contributed by atoms with Gasteiger partial charge < -0.3 is 9.52 Å². The van der Waals surface area contributed by atoms with Crippen LogP contribution in [0.1, 0.15) is 44.4 Å². The Bertz CT molecular complexity index is 1470. The van der Waals surface area contributed by atoms with Crippen molar-refractivity contribution in [2.24, 2.45) is 5.41 Å². The van der Waals surface area contributed by atoms with Crippen LogP contribution in [0.15, 0.2) is 47.0 Å². The molecule has 5 aromatic rings. The Kier molecular flexibility index (Phi) is 3.98. The number of fused-ring (bicyclic) bond motifs is 4. The highest BCUT2D eigenvalue weighted by molar-refractivity contribution is 7.20. The van der Waals surface area contributed by atoms with E-state index >= 15 is 0 Å². The Morgan fingerprint density at radius 2 is 1.87 bits per heavy atom. The fourth-order valence-corrected chi connectivity index (χ4v) is 5.32. The topological polar surface area (TPSA) is 59.2 Å². The Balaban J connectivity index is 1.81. The van der Waals surface area contributed by atoms with Gasteiger partial charge in [-0.25, -0.2) is 4.98 Å². The van der Waals surface area contributed by atoms with E-state index in [1.807, 2.05) is 71.0 Å². The summed E-state index contributed by atoms with van der Waals surface area (Å²) in [6.07, 6.45) is 0.0794. The summed E-state index contributed by atoms with van der Waals surface area (Å²) in [5.41, 5.74) is 4.24. The van der Waals surface area contributed by atoms with Crippen LogP contribution in [0.4, 0.5) is 0 Å². The van der Waals surface area contributed by atoms with Crippen LogP contribution in [0.25, 0.3) is 43.4 Å². The second-order valence-corrected chi connectivity index (χ2v) is 9.80. The van der Waals surface area contributed by atoms with Gasteiger partial charge in [-0.15, -0.1) is 11.3 Å². The summed E-state index contributed by atoms with van der Waals surface area (Å²) < 4.78 is 15.8. The molecule has 0 saturated heterocycles. The van der Waals surface area contributed by atoms with Crippen LogP contribution in [0.5, 0.6) is 0 Å². The minimum Gasteiger partial charge on any atom is -0.437 e. The van der Waals surface area contributed by atoms with Crippen LogP contribution in [0, 0.1) is 19.3 Å². The van der Waals surface area contributed by atoms with Gasteiger partial charge in [0.25, 0.3) is 0 Å². The van der Waals surface area contributed by atoms with Crippen LogP contribution < -0.4 is 0 Å². The lowest BCUT2D eigenvalue weighted by Gasteiger charge is -2.25. The first-order valence-corrected chi connectivity index (χ1v) is 10.8. The van der Waals surface area contributed by atoms with E-state index < -0.39 is 11.5 Å². The Hall–Kier alpha value is -2.76. The standard InChI is InChI=1S/C25H24N2O2S/c1-13-9-10-17-16-7-6-8-18(20(16)29-24(17)27-13)19-22-15(11-12-26-19)14(2)21(30-22)23(28)25(3,4)5/h6-12,23,28H,1-5H3/i23D. The van der Waals surface area contributed by atoms with E-state index in [1.54, 1.807) is 6.20 Å². The smallest absolute Gasteiger partial charge is 0.227 e. The molecule has 4 nitrogen and oxygen atoms in total. The van der Waals surface area contributed by atoms with Crippen molar-refractivity contribution in [3.63, 3.8) is 0 Å². The van der Waals surface area contributed by atoms with Crippen molar-refractivity contribution in [3.05, 3.63) is 58.7 Å². The molecule has 0 amide bonds. The zero-order chi connectivity index (χ0) is 22.1. The highest BCUT2D eigenvalue weighted by atomic mass is 32.1. The molecule has 1 aromatic carbocycles. The van der Waals surface area contributed by atoms with Crippen LogP contribution in [-0.2, 0) is 0 Å². The van der Waals surface area contributed by atoms with Gasteiger partial charge in [-0.3, -0.25) is 4.98 Å². The minimum absolute atomic E-state index is 0.617. The summed E-state index contributed by atoms with van der Waals surface area (Å²) in [6.45, 7) is 9.56. The molecule has 30 heavy (non-hydrogen) atoms. The third kappa shape index (κ3) is 2.84. The van der Waals surface area contributed by atoms with E-state index in [2.05, 4.69) is 4.98 Å². The molecule has 0 bridgehead atoms. The minimum atomic E-state index is -1.70. The second kappa shape index (κ2) is 6.62. The first-order valence-electron chi connectivity index (χ1n) is 10.5. The average Bonchev–Trinajstić information content (AvgIpc) is 3.24. The lowest BCUT2D eigenvalue weighted by atomic mass is 9.87. The molecule has 0 aliphatic carbocycles. The lowest BCUT2D eigenvalue weighted by molar-refractivity contribution is 0.0654. The third-order valence-electron chi connectivity index (χ3n) is 5.54.